The van der Waals surface area contributed by atoms with Crippen LogP contribution in [0.15, 0.2) is 54.6 Å². The number of rotatable bonds is 5. The van der Waals surface area contributed by atoms with Crippen LogP contribution in [0.2, 0.25) is 0 Å². The molecule has 1 heterocycles. The highest BCUT2D eigenvalue weighted by molar-refractivity contribution is 6.05. The molecule has 29 heavy (non-hydrogen) atoms. The number of nitrogens with zero attached hydrogens (tertiary/aromatic N) is 2. The zero-order valence-corrected chi connectivity index (χ0v) is 16.8. The molecule has 0 aliphatic heterocycles. The SMILES string of the molecule is Cc1cc(C)n(-c2ccccc2NC(=O)c2ccc(NC(=O)C3CC3C)cc2)n1. The summed E-state index contributed by atoms with van der Waals surface area (Å²) in [5.74, 6) is 0.410. The summed E-state index contributed by atoms with van der Waals surface area (Å²) in [7, 11) is 0. The van der Waals surface area contributed by atoms with Crippen molar-refractivity contribution in [3.8, 4) is 5.69 Å². The lowest BCUT2D eigenvalue weighted by atomic mass is 10.1. The van der Waals surface area contributed by atoms with E-state index in [-0.39, 0.29) is 17.7 Å². The van der Waals surface area contributed by atoms with Crippen molar-refractivity contribution in [2.75, 3.05) is 10.6 Å². The highest BCUT2D eigenvalue weighted by Gasteiger charge is 2.39. The highest BCUT2D eigenvalue weighted by atomic mass is 16.2. The number of hydrogen-bond acceptors (Lipinski definition) is 3. The first-order valence-electron chi connectivity index (χ1n) is 9.77. The Kier molecular flexibility index (Phi) is 4.92. The van der Waals surface area contributed by atoms with Gasteiger partial charge < -0.3 is 10.6 Å². The monoisotopic (exact) mass is 388 g/mol. The third kappa shape index (κ3) is 4.06. The van der Waals surface area contributed by atoms with Gasteiger partial charge in [0.15, 0.2) is 0 Å². The van der Waals surface area contributed by atoms with Crippen LogP contribution in [0, 0.1) is 25.7 Å². The molecule has 0 saturated heterocycles. The van der Waals surface area contributed by atoms with Crippen molar-refractivity contribution >= 4 is 23.2 Å². The number of aryl methyl sites for hydroxylation is 2. The number of benzene rings is 2. The molecule has 1 fully saturated rings. The zero-order valence-electron chi connectivity index (χ0n) is 16.8. The van der Waals surface area contributed by atoms with Gasteiger partial charge in [-0.1, -0.05) is 19.1 Å². The molecule has 0 spiro atoms. The Bertz CT molecular complexity index is 1070. The second-order valence-corrected chi connectivity index (χ2v) is 7.70. The molecule has 2 amide bonds. The summed E-state index contributed by atoms with van der Waals surface area (Å²) in [5.41, 5.74) is 4.63. The second kappa shape index (κ2) is 7.54. The lowest BCUT2D eigenvalue weighted by molar-refractivity contribution is -0.117. The number of aromatic nitrogens is 2. The highest BCUT2D eigenvalue weighted by Crippen LogP contribution is 2.38. The molecule has 6 nitrogen and oxygen atoms in total. The van der Waals surface area contributed by atoms with Gasteiger partial charge in [-0.25, -0.2) is 4.68 Å². The van der Waals surface area contributed by atoms with Crippen LogP contribution in [0.3, 0.4) is 0 Å². The number of nitrogens with one attached hydrogen (secondary N) is 2. The molecule has 0 radical (unpaired) electrons. The van der Waals surface area contributed by atoms with E-state index in [1.54, 1.807) is 24.3 Å². The molecule has 6 heteroatoms. The molecule has 3 aromatic rings. The summed E-state index contributed by atoms with van der Waals surface area (Å²) in [5, 5.41) is 10.4. The molecule has 1 aliphatic rings. The Morgan fingerprint density at radius 1 is 1.03 bits per heavy atom. The standard InChI is InChI=1S/C23H24N4O2/c1-14-12-19(14)23(29)24-18-10-8-17(9-11-18)22(28)25-20-6-4-5-7-21(20)27-16(3)13-15(2)26-27/h4-11,13-14,19H,12H2,1-3H3,(H,24,29)(H,25,28). The summed E-state index contributed by atoms with van der Waals surface area (Å²) in [4.78, 5) is 24.8. The first kappa shape index (κ1) is 18.9. The van der Waals surface area contributed by atoms with E-state index in [1.807, 2.05) is 48.9 Å². The molecule has 2 unspecified atom stereocenters. The van der Waals surface area contributed by atoms with Gasteiger partial charge in [0.05, 0.1) is 17.1 Å². The first-order valence-corrected chi connectivity index (χ1v) is 9.77. The molecule has 1 aliphatic carbocycles. The van der Waals surface area contributed by atoms with Crippen LogP contribution in [0.1, 0.15) is 35.1 Å². The number of amides is 2. The Labute approximate surface area is 169 Å². The average Bonchev–Trinajstić information content (AvgIpc) is 3.34. The minimum absolute atomic E-state index is 0.0496. The molecule has 1 saturated carbocycles. The molecule has 148 valence electrons. The summed E-state index contributed by atoms with van der Waals surface area (Å²) in [6.45, 7) is 5.99. The lowest BCUT2D eigenvalue weighted by Crippen LogP contribution is -2.16. The fraction of sp³-hybridized carbons (Fsp3) is 0.261. The summed E-state index contributed by atoms with van der Waals surface area (Å²) in [6.07, 6.45) is 0.945. The Balaban J connectivity index is 1.49. The number of anilines is 2. The fourth-order valence-electron chi connectivity index (χ4n) is 3.46. The smallest absolute Gasteiger partial charge is 0.255 e. The van der Waals surface area contributed by atoms with Gasteiger partial charge >= 0.3 is 0 Å². The van der Waals surface area contributed by atoms with E-state index in [0.717, 1.165) is 23.5 Å². The van der Waals surface area contributed by atoms with E-state index in [9.17, 15) is 9.59 Å². The molecule has 2 aromatic carbocycles. The third-order valence-electron chi connectivity index (χ3n) is 5.25. The Morgan fingerprint density at radius 2 is 1.72 bits per heavy atom. The van der Waals surface area contributed by atoms with Gasteiger partial charge in [-0.3, -0.25) is 9.59 Å². The second-order valence-electron chi connectivity index (χ2n) is 7.70. The van der Waals surface area contributed by atoms with Gasteiger partial charge in [-0.15, -0.1) is 0 Å². The lowest BCUT2D eigenvalue weighted by Gasteiger charge is -2.13. The van der Waals surface area contributed by atoms with Crippen LogP contribution in [-0.2, 0) is 4.79 Å². The van der Waals surface area contributed by atoms with E-state index < -0.39 is 0 Å². The van der Waals surface area contributed by atoms with Crippen LogP contribution in [0.5, 0.6) is 0 Å². The van der Waals surface area contributed by atoms with Crippen LogP contribution in [0.25, 0.3) is 5.69 Å². The van der Waals surface area contributed by atoms with E-state index in [1.165, 1.54) is 0 Å². The maximum Gasteiger partial charge on any atom is 0.255 e. The Hall–Kier alpha value is -3.41. The van der Waals surface area contributed by atoms with E-state index >= 15 is 0 Å². The maximum atomic E-state index is 12.8. The van der Waals surface area contributed by atoms with Crippen LogP contribution < -0.4 is 10.6 Å². The van der Waals surface area contributed by atoms with Crippen molar-refractivity contribution in [1.82, 2.24) is 9.78 Å². The van der Waals surface area contributed by atoms with Crippen molar-refractivity contribution in [2.45, 2.75) is 27.2 Å². The largest absolute Gasteiger partial charge is 0.326 e. The molecule has 4 rings (SSSR count). The third-order valence-corrected chi connectivity index (χ3v) is 5.25. The van der Waals surface area contributed by atoms with Crippen LogP contribution in [-0.4, -0.2) is 21.6 Å². The van der Waals surface area contributed by atoms with E-state index in [2.05, 4.69) is 22.7 Å². The molecular formula is C23H24N4O2. The van der Waals surface area contributed by atoms with Gasteiger partial charge in [0.2, 0.25) is 5.91 Å². The number of hydrogen-bond donors (Lipinski definition) is 2. The normalized spacial score (nSPS) is 17.6. The summed E-state index contributed by atoms with van der Waals surface area (Å²) in [6, 6.07) is 16.5. The minimum Gasteiger partial charge on any atom is -0.326 e. The summed E-state index contributed by atoms with van der Waals surface area (Å²) < 4.78 is 1.82. The quantitative estimate of drug-likeness (QED) is 0.683. The van der Waals surface area contributed by atoms with Gasteiger partial charge in [0, 0.05) is 22.9 Å². The molecule has 2 atom stereocenters. The van der Waals surface area contributed by atoms with Gasteiger partial charge in [-0.2, -0.15) is 5.10 Å². The molecular weight excluding hydrogens is 364 g/mol. The summed E-state index contributed by atoms with van der Waals surface area (Å²) >= 11 is 0. The van der Waals surface area contributed by atoms with Crippen molar-refractivity contribution in [3.05, 3.63) is 71.5 Å². The van der Waals surface area contributed by atoms with E-state index in [0.29, 0.717) is 22.9 Å². The molecule has 2 N–H and O–H groups in total. The van der Waals surface area contributed by atoms with Crippen molar-refractivity contribution in [3.63, 3.8) is 0 Å². The zero-order chi connectivity index (χ0) is 20.5. The fourth-order valence-corrected chi connectivity index (χ4v) is 3.46. The first-order chi connectivity index (χ1) is 13.9. The topological polar surface area (TPSA) is 76.0 Å². The van der Waals surface area contributed by atoms with Crippen LogP contribution in [0.4, 0.5) is 11.4 Å². The predicted molar refractivity (Wildman–Crippen MR) is 113 cm³/mol. The minimum atomic E-state index is -0.215. The van der Waals surface area contributed by atoms with E-state index in [4.69, 9.17) is 0 Å². The van der Waals surface area contributed by atoms with Crippen molar-refractivity contribution in [2.24, 2.45) is 11.8 Å². The van der Waals surface area contributed by atoms with Crippen molar-refractivity contribution < 1.29 is 9.59 Å². The number of para-hydroxylation sites is 2. The van der Waals surface area contributed by atoms with Gasteiger partial charge in [0.1, 0.15) is 0 Å². The maximum absolute atomic E-state index is 12.8. The predicted octanol–water partition coefficient (Wildman–Crippen LogP) is 4.34. The van der Waals surface area contributed by atoms with Crippen molar-refractivity contribution in [1.29, 1.82) is 0 Å². The Morgan fingerprint density at radius 3 is 2.34 bits per heavy atom. The van der Waals surface area contributed by atoms with Gasteiger partial charge in [-0.05, 0) is 68.7 Å². The molecule has 0 bridgehead atoms. The average molecular weight is 388 g/mol. The van der Waals surface area contributed by atoms with Crippen LogP contribution >= 0.6 is 0 Å². The van der Waals surface area contributed by atoms with Gasteiger partial charge in [0.25, 0.3) is 5.91 Å². The molecule has 1 aromatic heterocycles. The number of carbonyl (C=O) groups is 2. The number of carbonyl (C=O) groups excluding carboxylic acids is 2.